The smallest absolute Gasteiger partial charge is 0.254 e. The van der Waals surface area contributed by atoms with Gasteiger partial charge in [-0.1, -0.05) is 11.6 Å². The summed E-state index contributed by atoms with van der Waals surface area (Å²) >= 11 is 6.00. The maximum absolute atomic E-state index is 12.0. The number of ether oxygens (including phenoxy) is 1. The van der Waals surface area contributed by atoms with E-state index in [1.807, 2.05) is 0 Å². The molecule has 6 nitrogen and oxygen atoms in total. The number of anilines is 1. The molecule has 1 rings (SSSR count). The third-order valence-corrected chi connectivity index (χ3v) is 3.23. The van der Waals surface area contributed by atoms with Crippen molar-refractivity contribution in [1.29, 1.82) is 0 Å². The Bertz CT molecular complexity index is 516. The largest absolute Gasteiger partial charge is 0.380 e. The molecule has 7 heteroatoms. The van der Waals surface area contributed by atoms with Crippen molar-refractivity contribution in [3.63, 3.8) is 0 Å². The Morgan fingerprint density at radius 1 is 1.43 bits per heavy atom. The lowest BCUT2D eigenvalue weighted by atomic mass is 10.1. The van der Waals surface area contributed by atoms with Gasteiger partial charge < -0.3 is 20.7 Å². The summed E-state index contributed by atoms with van der Waals surface area (Å²) in [7, 11) is 4.77. The Balaban J connectivity index is 2.83. The summed E-state index contributed by atoms with van der Waals surface area (Å²) in [6, 6.07) is 4.76. The van der Waals surface area contributed by atoms with Crippen molar-refractivity contribution in [3.8, 4) is 0 Å². The second-order valence-electron chi connectivity index (χ2n) is 4.74. The Hall–Kier alpha value is -1.63. The fraction of sp³-hybridized carbons (Fsp3) is 0.429. The summed E-state index contributed by atoms with van der Waals surface area (Å²) in [6.45, 7) is 0.259. The molecular weight excluding hydrogens is 294 g/mol. The SMILES string of the molecule is COC(CN)CC(=O)Nc1ccc(Cl)c(C(=O)N(C)C)c1. The van der Waals surface area contributed by atoms with Crippen LogP contribution in [0.1, 0.15) is 16.8 Å². The van der Waals surface area contributed by atoms with Crippen LogP contribution in [0.2, 0.25) is 5.02 Å². The molecule has 0 fully saturated rings. The molecular formula is C14H20ClN3O3. The summed E-state index contributed by atoms with van der Waals surface area (Å²) in [6.07, 6.45) is -0.188. The fourth-order valence-corrected chi connectivity index (χ4v) is 1.89. The number of nitrogens with two attached hydrogens (primary N) is 1. The zero-order valence-corrected chi connectivity index (χ0v) is 13.1. The summed E-state index contributed by atoms with van der Waals surface area (Å²) in [5, 5.41) is 3.04. The number of rotatable bonds is 6. The van der Waals surface area contributed by atoms with E-state index in [4.69, 9.17) is 22.1 Å². The average molecular weight is 314 g/mol. The first kappa shape index (κ1) is 17.4. The van der Waals surface area contributed by atoms with Gasteiger partial charge >= 0.3 is 0 Å². The van der Waals surface area contributed by atoms with Crippen LogP contribution in [-0.2, 0) is 9.53 Å². The summed E-state index contributed by atoms with van der Waals surface area (Å²) in [5.74, 6) is -0.467. The zero-order chi connectivity index (χ0) is 16.0. The van der Waals surface area contributed by atoms with E-state index in [0.29, 0.717) is 16.3 Å². The zero-order valence-electron chi connectivity index (χ0n) is 12.4. The number of methoxy groups -OCH3 is 1. The van der Waals surface area contributed by atoms with E-state index in [0.717, 1.165) is 0 Å². The van der Waals surface area contributed by atoms with Crippen LogP contribution < -0.4 is 11.1 Å². The molecule has 0 radical (unpaired) electrons. The number of nitrogens with one attached hydrogen (secondary N) is 1. The minimum atomic E-state index is -0.333. The van der Waals surface area contributed by atoms with Gasteiger partial charge in [0.15, 0.2) is 0 Å². The lowest BCUT2D eigenvalue weighted by Crippen LogP contribution is -2.28. The summed E-state index contributed by atoms with van der Waals surface area (Å²) in [4.78, 5) is 25.3. The molecule has 1 unspecified atom stereocenters. The Labute approximate surface area is 129 Å². The first-order valence-electron chi connectivity index (χ1n) is 6.43. The Morgan fingerprint density at radius 3 is 2.62 bits per heavy atom. The molecule has 21 heavy (non-hydrogen) atoms. The molecule has 0 spiro atoms. The lowest BCUT2D eigenvalue weighted by molar-refractivity contribution is -0.118. The molecule has 0 bridgehead atoms. The van der Waals surface area contributed by atoms with Crippen LogP contribution in [0.3, 0.4) is 0 Å². The molecule has 0 heterocycles. The van der Waals surface area contributed by atoms with Crippen molar-refractivity contribution in [2.75, 3.05) is 33.1 Å². The minimum absolute atomic E-state index is 0.145. The Morgan fingerprint density at radius 2 is 2.10 bits per heavy atom. The van der Waals surface area contributed by atoms with Crippen molar-refractivity contribution in [2.24, 2.45) is 5.73 Å². The van der Waals surface area contributed by atoms with Gasteiger partial charge in [-0.05, 0) is 18.2 Å². The van der Waals surface area contributed by atoms with Crippen molar-refractivity contribution in [2.45, 2.75) is 12.5 Å². The van der Waals surface area contributed by atoms with E-state index >= 15 is 0 Å². The van der Waals surface area contributed by atoms with Gasteiger partial charge in [0, 0.05) is 33.4 Å². The average Bonchev–Trinajstić information content (AvgIpc) is 2.45. The highest BCUT2D eigenvalue weighted by Crippen LogP contribution is 2.22. The summed E-state index contributed by atoms with van der Waals surface area (Å²) in [5.41, 5.74) is 6.31. The van der Waals surface area contributed by atoms with E-state index in [9.17, 15) is 9.59 Å². The van der Waals surface area contributed by atoms with Gasteiger partial charge in [0.2, 0.25) is 5.91 Å². The van der Waals surface area contributed by atoms with Gasteiger partial charge in [-0.15, -0.1) is 0 Å². The van der Waals surface area contributed by atoms with Gasteiger partial charge in [0.1, 0.15) is 0 Å². The van der Waals surface area contributed by atoms with Crippen molar-refractivity contribution >= 4 is 29.1 Å². The predicted molar refractivity (Wildman–Crippen MR) is 82.6 cm³/mol. The molecule has 0 aromatic heterocycles. The second kappa shape index (κ2) is 7.97. The van der Waals surface area contributed by atoms with Crippen LogP contribution >= 0.6 is 11.6 Å². The first-order chi connectivity index (χ1) is 9.88. The van der Waals surface area contributed by atoms with E-state index in [-0.39, 0.29) is 30.9 Å². The van der Waals surface area contributed by atoms with E-state index in [2.05, 4.69) is 5.32 Å². The monoisotopic (exact) mass is 313 g/mol. The van der Waals surface area contributed by atoms with Gasteiger partial charge in [0.25, 0.3) is 5.91 Å². The van der Waals surface area contributed by atoms with Crippen molar-refractivity contribution in [1.82, 2.24) is 4.90 Å². The van der Waals surface area contributed by atoms with Gasteiger partial charge in [-0.25, -0.2) is 0 Å². The number of halogens is 1. The van der Waals surface area contributed by atoms with Crippen LogP contribution in [0.25, 0.3) is 0 Å². The Kier molecular flexibility index (Phi) is 6.61. The van der Waals surface area contributed by atoms with E-state index in [1.165, 1.54) is 12.0 Å². The van der Waals surface area contributed by atoms with E-state index in [1.54, 1.807) is 32.3 Å². The molecule has 1 atom stereocenters. The number of amides is 2. The maximum atomic E-state index is 12.0. The van der Waals surface area contributed by atoms with Gasteiger partial charge in [0.05, 0.1) is 23.1 Å². The first-order valence-corrected chi connectivity index (χ1v) is 6.80. The van der Waals surface area contributed by atoms with Crippen LogP contribution in [0.5, 0.6) is 0 Å². The minimum Gasteiger partial charge on any atom is -0.380 e. The van der Waals surface area contributed by atoms with Crippen LogP contribution in [-0.4, -0.2) is 50.6 Å². The predicted octanol–water partition coefficient (Wildman–Crippen LogP) is 1.34. The number of carbonyl (C=O) groups excluding carboxylic acids is 2. The molecule has 0 aliphatic rings. The lowest BCUT2D eigenvalue weighted by Gasteiger charge is -2.15. The third-order valence-electron chi connectivity index (χ3n) is 2.90. The number of benzene rings is 1. The quantitative estimate of drug-likeness (QED) is 0.830. The normalized spacial score (nSPS) is 11.9. The van der Waals surface area contributed by atoms with Crippen molar-refractivity contribution < 1.29 is 14.3 Å². The highest BCUT2D eigenvalue weighted by molar-refractivity contribution is 6.34. The standard InChI is InChI=1S/C14H20ClN3O3/c1-18(2)14(20)11-6-9(4-5-12(11)15)17-13(19)7-10(8-16)21-3/h4-6,10H,7-8,16H2,1-3H3,(H,17,19). The molecule has 2 amide bonds. The number of carbonyl (C=O) groups is 2. The molecule has 0 saturated carbocycles. The molecule has 0 saturated heterocycles. The highest BCUT2D eigenvalue weighted by atomic mass is 35.5. The topological polar surface area (TPSA) is 84.7 Å². The molecule has 1 aromatic carbocycles. The van der Waals surface area contributed by atoms with Crippen molar-refractivity contribution in [3.05, 3.63) is 28.8 Å². The molecule has 0 aliphatic carbocycles. The molecule has 3 N–H and O–H groups in total. The van der Waals surface area contributed by atoms with Crippen LogP contribution in [0.4, 0.5) is 5.69 Å². The highest BCUT2D eigenvalue weighted by Gasteiger charge is 2.15. The van der Waals surface area contributed by atoms with Gasteiger partial charge in [-0.3, -0.25) is 9.59 Å². The van der Waals surface area contributed by atoms with Gasteiger partial charge in [-0.2, -0.15) is 0 Å². The third kappa shape index (κ3) is 5.00. The van der Waals surface area contributed by atoms with Crippen LogP contribution in [0.15, 0.2) is 18.2 Å². The van der Waals surface area contributed by atoms with E-state index < -0.39 is 0 Å². The number of hydrogen-bond acceptors (Lipinski definition) is 4. The maximum Gasteiger partial charge on any atom is 0.254 e. The fourth-order valence-electron chi connectivity index (χ4n) is 1.69. The molecule has 0 aliphatic heterocycles. The summed E-state index contributed by atoms with van der Waals surface area (Å²) < 4.78 is 5.05. The number of hydrogen-bond donors (Lipinski definition) is 2. The molecule has 116 valence electrons. The molecule has 1 aromatic rings. The number of nitrogens with zero attached hydrogens (tertiary/aromatic N) is 1. The van der Waals surface area contributed by atoms with Crippen LogP contribution in [0, 0.1) is 0 Å². The second-order valence-corrected chi connectivity index (χ2v) is 5.15.